The standard InChI is InChI=1S/C22H27N3O3.ClH/c1-15(23)16-8-10-24(11-9-16)21(26)19-13-17-5-2-3-6-18(17)14-25(19)22(27)20-7-4-12-28-20;/h2-7,12,15-16,19H,8-11,13-14,23H2,1H3;1H. The number of nitrogens with two attached hydrogens (primary N) is 1. The Morgan fingerprint density at radius 3 is 2.41 bits per heavy atom. The Morgan fingerprint density at radius 1 is 1.10 bits per heavy atom. The largest absolute Gasteiger partial charge is 0.459 e. The normalized spacial score (nSPS) is 20.6. The lowest BCUT2D eigenvalue weighted by molar-refractivity contribution is -0.138. The molecule has 1 saturated heterocycles. The first-order chi connectivity index (χ1) is 13.5. The summed E-state index contributed by atoms with van der Waals surface area (Å²) < 4.78 is 5.32. The van der Waals surface area contributed by atoms with E-state index in [0.717, 1.165) is 24.0 Å². The van der Waals surface area contributed by atoms with Crippen LogP contribution in [-0.4, -0.2) is 46.8 Å². The number of hydrogen-bond donors (Lipinski definition) is 1. The van der Waals surface area contributed by atoms with Crippen LogP contribution in [-0.2, 0) is 17.8 Å². The summed E-state index contributed by atoms with van der Waals surface area (Å²) in [7, 11) is 0. The summed E-state index contributed by atoms with van der Waals surface area (Å²) in [6.07, 6.45) is 3.85. The Morgan fingerprint density at radius 2 is 1.79 bits per heavy atom. The molecule has 6 nitrogen and oxygen atoms in total. The summed E-state index contributed by atoms with van der Waals surface area (Å²) in [5.74, 6) is 0.519. The first kappa shape index (κ1) is 21.4. The van der Waals surface area contributed by atoms with Gasteiger partial charge in [0.1, 0.15) is 6.04 Å². The van der Waals surface area contributed by atoms with E-state index < -0.39 is 6.04 Å². The second-order valence-corrected chi connectivity index (χ2v) is 7.92. The zero-order valence-electron chi connectivity index (χ0n) is 16.6. The number of carbonyl (C=O) groups excluding carboxylic acids is 2. The first-order valence-electron chi connectivity index (χ1n) is 10.00. The lowest BCUT2D eigenvalue weighted by Crippen LogP contribution is -2.55. The van der Waals surface area contributed by atoms with Crippen molar-refractivity contribution in [2.45, 2.75) is 44.8 Å². The minimum atomic E-state index is -0.501. The van der Waals surface area contributed by atoms with Crippen LogP contribution in [0.3, 0.4) is 0 Å². The van der Waals surface area contributed by atoms with Crippen LogP contribution in [0, 0.1) is 5.92 Å². The minimum Gasteiger partial charge on any atom is -0.459 e. The average molecular weight is 418 g/mol. The summed E-state index contributed by atoms with van der Waals surface area (Å²) in [6, 6.07) is 11.0. The molecule has 0 spiro atoms. The molecule has 2 aromatic rings. The Labute approximate surface area is 177 Å². The molecule has 0 aliphatic carbocycles. The van der Waals surface area contributed by atoms with E-state index in [0.29, 0.717) is 32.0 Å². The maximum Gasteiger partial charge on any atom is 0.290 e. The number of hydrogen-bond acceptors (Lipinski definition) is 4. The molecule has 156 valence electrons. The molecular formula is C22H28ClN3O3. The molecule has 2 N–H and O–H groups in total. The van der Waals surface area contributed by atoms with Crippen LogP contribution in [0.15, 0.2) is 47.1 Å². The van der Waals surface area contributed by atoms with Gasteiger partial charge in [-0.05, 0) is 48.9 Å². The molecule has 0 saturated carbocycles. The molecule has 1 aromatic carbocycles. The smallest absolute Gasteiger partial charge is 0.290 e. The molecule has 29 heavy (non-hydrogen) atoms. The van der Waals surface area contributed by atoms with Crippen LogP contribution in [0.2, 0.25) is 0 Å². The van der Waals surface area contributed by atoms with E-state index in [4.69, 9.17) is 10.2 Å². The van der Waals surface area contributed by atoms with Crippen molar-refractivity contribution in [3.05, 3.63) is 59.5 Å². The molecule has 4 rings (SSSR count). The van der Waals surface area contributed by atoms with Gasteiger partial charge in [-0.3, -0.25) is 9.59 Å². The lowest BCUT2D eigenvalue weighted by atomic mass is 9.89. The number of nitrogens with zero attached hydrogens (tertiary/aromatic N) is 2. The monoisotopic (exact) mass is 417 g/mol. The van der Waals surface area contributed by atoms with Crippen molar-refractivity contribution in [1.29, 1.82) is 0 Å². The maximum absolute atomic E-state index is 13.4. The van der Waals surface area contributed by atoms with Gasteiger partial charge in [-0.25, -0.2) is 0 Å². The van der Waals surface area contributed by atoms with Crippen molar-refractivity contribution in [3.8, 4) is 0 Å². The molecule has 2 amide bonds. The van der Waals surface area contributed by atoms with E-state index >= 15 is 0 Å². The van der Waals surface area contributed by atoms with E-state index in [2.05, 4.69) is 0 Å². The lowest BCUT2D eigenvalue weighted by Gasteiger charge is -2.40. The van der Waals surface area contributed by atoms with Crippen molar-refractivity contribution in [1.82, 2.24) is 9.80 Å². The van der Waals surface area contributed by atoms with Gasteiger partial charge in [0.05, 0.1) is 6.26 Å². The molecule has 7 heteroatoms. The van der Waals surface area contributed by atoms with Gasteiger partial charge in [0.2, 0.25) is 5.91 Å². The third-order valence-electron chi connectivity index (χ3n) is 6.12. The fraction of sp³-hybridized carbons (Fsp3) is 0.455. The van der Waals surface area contributed by atoms with Crippen LogP contribution in [0.5, 0.6) is 0 Å². The molecule has 0 radical (unpaired) electrons. The molecule has 1 fully saturated rings. The van der Waals surface area contributed by atoms with E-state index in [9.17, 15) is 9.59 Å². The summed E-state index contributed by atoms with van der Waals surface area (Å²) in [4.78, 5) is 30.0. The van der Waals surface area contributed by atoms with Gasteiger partial charge in [0.25, 0.3) is 5.91 Å². The molecule has 2 atom stereocenters. The average Bonchev–Trinajstić information content (AvgIpc) is 3.26. The molecule has 2 aliphatic rings. The van der Waals surface area contributed by atoms with Gasteiger partial charge in [-0.1, -0.05) is 24.3 Å². The number of piperidine rings is 1. The quantitative estimate of drug-likeness (QED) is 0.832. The number of carbonyl (C=O) groups is 2. The number of amides is 2. The van der Waals surface area contributed by atoms with Crippen molar-refractivity contribution in [3.63, 3.8) is 0 Å². The molecule has 2 aliphatic heterocycles. The molecule has 2 unspecified atom stereocenters. The summed E-state index contributed by atoms with van der Waals surface area (Å²) in [5.41, 5.74) is 8.25. The number of likely N-dealkylation sites (tertiary alicyclic amines) is 1. The predicted molar refractivity (Wildman–Crippen MR) is 113 cm³/mol. The van der Waals surface area contributed by atoms with E-state index in [1.165, 1.54) is 6.26 Å². The SMILES string of the molecule is CC(N)C1CCN(C(=O)C2Cc3ccccc3CN2C(=O)c2ccco2)CC1.Cl. The highest BCUT2D eigenvalue weighted by molar-refractivity contribution is 5.96. The highest BCUT2D eigenvalue weighted by Crippen LogP contribution is 2.28. The van der Waals surface area contributed by atoms with E-state index in [1.54, 1.807) is 17.0 Å². The molecule has 1 aromatic heterocycles. The number of benzene rings is 1. The van der Waals surface area contributed by atoms with Crippen molar-refractivity contribution < 1.29 is 14.0 Å². The zero-order valence-corrected chi connectivity index (χ0v) is 17.4. The van der Waals surface area contributed by atoms with Gasteiger partial charge in [-0.15, -0.1) is 12.4 Å². The second-order valence-electron chi connectivity index (χ2n) is 7.92. The van der Waals surface area contributed by atoms with Gasteiger partial charge >= 0.3 is 0 Å². The predicted octanol–water partition coefficient (Wildman–Crippen LogP) is 2.85. The Bertz CT molecular complexity index is 845. The van der Waals surface area contributed by atoms with Crippen LogP contribution in [0.1, 0.15) is 41.4 Å². The third-order valence-corrected chi connectivity index (χ3v) is 6.12. The fourth-order valence-corrected chi connectivity index (χ4v) is 4.36. The zero-order chi connectivity index (χ0) is 19.7. The molecule has 3 heterocycles. The van der Waals surface area contributed by atoms with Gasteiger partial charge < -0.3 is 20.0 Å². The Balaban J connectivity index is 0.00000240. The highest BCUT2D eigenvalue weighted by atomic mass is 35.5. The van der Waals surface area contributed by atoms with Gasteiger partial charge in [-0.2, -0.15) is 0 Å². The van der Waals surface area contributed by atoms with Crippen LogP contribution >= 0.6 is 12.4 Å². The minimum absolute atomic E-state index is 0. The number of halogens is 1. The van der Waals surface area contributed by atoms with Crippen LogP contribution in [0.4, 0.5) is 0 Å². The number of fused-ring (bicyclic) bond motifs is 1. The van der Waals surface area contributed by atoms with Crippen LogP contribution < -0.4 is 5.73 Å². The highest BCUT2D eigenvalue weighted by Gasteiger charge is 2.39. The molecular weight excluding hydrogens is 390 g/mol. The number of rotatable bonds is 3. The van der Waals surface area contributed by atoms with E-state index in [-0.39, 0.29) is 36.0 Å². The summed E-state index contributed by atoms with van der Waals surface area (Å²) >= 11 is 0. The first-order valence-corrected chi connectivity index (χ1v) is 10.00. The van der Waals surface area contributed by atoms with Crippen molar-refractivity contribution in [2.75, 3.05) is 13.1 Å². The number of furan rings is 1. The topological polar surface area (TPSA) is 79.8 Å². The maximum atomic E-state index is 13.4. The van der Waals surface area contributed by atoms with E-state index in [1.807, 2.05) is 36.1 Å². The third kappa shape index (κ3) is 4.33. The second kappa shape index (κ2) is 9.01. The van der Waals surface area contributed by atoms with Gasteiger partial charge in [0.15, 0.2) is 5.76 Å². The van der Waals surface area contributed by atoms with Gasteiger partial charge in [0, 0.05) is 32.1 Å². The molecule has 0 bridgehead atoms. The van der Waals surface area contributed by atoms with Crippen molar-refractivity contribution >= 4 is 24.2 Å². The fourth-order valence-electron chi connectivity index (χ4n) is 4.36. The summed E-state index contributed by atoms with van der Waals surface area (Å²) in [6.45, 7) is 3.85. The van der Waals surface area contributed by atoms with Crippen LogP contribution in [0.25, 0.3) is 0 Å². The Hall–Kier alpha value is -2.31. The summed E-state index contributed by atoms with van der Waals surface area (Å²) in [5, 5.41) is 0. The Kier molecular flexibility index (Phi) is 6.65. The van der Waals surface area contributed by atoms with Crippen molar-refractivity contribution in [2.24, 2.45) is 11.7 Å².